The maximum absolute atomic E-state index is 10.5. The predicted octanol–water partition coefficient (Wildman–Crippen LogP) is 1.24. The van der Waals surface area contributed by atoms with Crippen LogP contribution >= 0.6 is 11.6 Å². The Bertz CT molecular complexity index is 242. The molecule has 0 aliphatic rings. The molecule has 0 N–H and O–H groups in total. The maximum atomic E-state index is 10.5. The van der Waals surface area contributed by atoms with Crippen molar-refractivity contribution in [1.82, 2.24) is 0 Å². The molecule has 47 valence electrons. The molecule has 0 fully saturated rings. The van der Waals surface area contributed by atoms with Crippen LogP contribution < -0.4 is 3.07 Å². The van der Waals surface area contributed by atoms with Gasteiger partial charge in [0.25, 0.3) is 0 Å². The van der Waals surface area contributed by atoms with Gasteiger partial charge in [-0.2, -0.15) is 0 Å². The number of carbonyl (C=O) groups is 1. The van der Waals surface area contributed by atoms with Crippen molar-refractivity contribution < 1.29 is 30.9 Å². The Morgan fingerprint density at radius 3 is 2.20 bits per heavy atom. The first-order valence-electron chi connectivity index (χ1n) is 2.82. The molecule has 1 nitrogen and oxygen atoms in total. The number of hydrogen-bond donors (Lipinski definition) is 0. The molecule has 0 unspecified atom stereocenters. The molecule has 0 atom stereocenters. The van der Waals surface area contributed by atoms with E-state index in [4.69, 9.17) is 11.6 Å². The van der Waals surface area contributed by atoms with Crippen LogP contribution in [0.1, 0.15) is 10.4 Å². The van der Waals surface area contributed by atoms with Gasteiger partial charge in [-0.05, 0) is 0 Å². The van der Waals surface area contributed by atoms with E-state index in [-0.39, 0.29) is 5.24 Å². The van der Waals surface area contributed by atoms with Gasteiger partial charge >= 0.3 is 80.7 Å². The van der Waals surface area contributed by atoms with Crippen LogP contribution in [0.4, 0.5) is 0 Å². The topological polar surface area (TPSA) is 17.1 Å². The molecule has 0 bridgehead atoms. The van der Waals surface area contributed by atoms with Crippen LogP contribution in [0.5, 0.6) is 0 Å². The fraction of sp³-hybridized carbons (Fsp3) is 0. The van der Waals surface area contributed by atoms with Crippen molar-refractivity contribution in [2.45, 2.75) is 0 Å². The minimum atomic E-state index is -0.381. The second-order valence-electron chi connectivity index (χ2n) is 1.97. The molecular formula is C7H4ClHgO. The van der Waals surface area contributed by atoms with Gasteiger partial charge in [0.15, 0.2) is 0 Å². The van der Waals surface area contributed by atoms with Crippen LogP contribution in [0.2, 0.25) is 0 Å². The van der Waals surface area contributed by atoms with Crippen LogP contribution in [-0.2, 0) is 26.1 Å². The molecular weight excluding hydrogens is 336 g/mol. The molecule has 0 amide bonds. The van der Waals surface area contributed by atoms with Gasteiger partial charge in [0.05, 0.1) is 0 Å². The predicted molar refractivity (Wildman–Crippen MR) is 36.3 cm³/mol. The van der Waals surface area contributed by atoms with Gasteiger partial charge in [0.1, 0.15) is 0 Å². The fourth-order valence-corrected chi connectivity index (χ4v) is 1.68. The quantitative estimate of drug-likeness (QED) is 0.555. The number of halogens is 1. The van der Waals surface area contributed by atoms with Crippen molar-refractivity contribution in [3.63, 3.8) is 0 Å². The molecule has 1 aromatic rings. The summed E-state index contributed by atoms with van der Waals surface area (Å²) >= 11 is 5.87. The first-order chi connectivity index (χ1) is 4.70. The third-order valence-corrected chi connectivity index (χ3v) is 3.23. The minimum absolute atomic E-state index is 0.381. The summed E-state index contributed by atoms with van der Waals surface area (Å²) in [7, 11) is 0. The molecule has 0 aromatic heterocycles. The van der Waals surface area contributed by atoms with Crippen molar-refractivity contribution in [3.8, 4) is 0 Å². The van der Waals surface area contributed by atoms with Gasteiger partial charge < -0.3 is 0 Å². The zero-order chi connectivity index (χ0) is 7.56. The Morgan fingerprint density at radius 1 is 1.30 bits per heavy atom. The van der Waals surface area contributed by atoms with Crippen molar-refractivity contribution in [1.29, 1.82) is 0 Å². The molecule has 0 saturated carbocycles. The molecule has 0 saturated heterocycles. The van der Waals surface area contributed by atoms with Gasteiger partial charge in [-0.25, -0.2) is 0 Å². The van der Waals surface area contributed by atoms with Gasteiger partial charge in [-0.15, -0.1) is 0 Å². The summed E-state index contributed by atoms with van der Waals surface area (Å²) in [5.41, 5.74) is 0.580. The first kappa shape index (κ1) is 8.21. The van der Waals surface area contributed by atoms with Crippen LogP contribution in [0, 0.1) is 0 Å². The average molecular weight is 340 g/mol. The summed E-state index contributed by atoms with van der Waals surface area (Å²) in [6.45, 7) is 0. The van der Waals surface area contributed by atoms with E-state index < -0.39 is 0 Å². The SMILES string of the molecule is O=C(Cl)c1cc[c]([Hg])cc1. The average Bonchev–Trinajstić information content (AvgIpc) is 1.88. The molecule has 3 heteroatoms. The number of carbonyl (C=O) groups excluding carboxylic acids is 1. The van der Waals surface area contributed by atoms with Crippen molar-refractivity contribution in [2.75, 3.05) is 0 Å². The molecule has 1 rings (SSSR count). The van der Waals surface area contributed by atoms with Crippen LogP contribution in [0.3, 0.4) is 0 Å². The summed E-state index contributed by atoms with van der Waals surface area (Å²) in [5, 5.41) is -0.381. The fourth-order valence-electron chi connectivity index (χ4n) is 0.636. The molecule has 10 heavy (non-hydrogen) atoms. The summed E-state index contributed by atoms with van der Waals surface area (Å²) in [6, 6.07) is 7.41. The Labute approximate surface area is 80.4 Å². The normalized spacial score (nSPS) is 9.50. The van der Waals surface area contributed by atoms with E-state index in [1.807, 2.05) is 12.1 Å². The van der Waals surface area contributed by atoms with Crippen molar-refractivity contribution in [2.24, 2.45) is 0 Å². The second kappa shape index (κ2) is 3.49. The first-order valence-corrected chi connectivity index (χ1v) is 5.94. The van der Waals surface area contributed by atoms with Gasteiger partial charge in [-0.3, -0.25) is 0 Å². The Hall–Kier alpha value is 0.115. The molecule has 0 aliphatic carbocycles. The summed E-state index contributed by atoms with van der Waals surface area (Å²) in [5.74, 6) is 0. The Balaban J connectivity index is 3.00. The standard InChI is InChI=1S/C7H4ClO.Hg/c8-7(9)6-4-2-1-3-5-6;/h2-5H;. The van der Waals surface area contributed by atoms with E-state index in [0.29, 0.717) is 31.7 Å². The number of benzene rings is 1. The molecule has 0 radical (unpaired) electrons. The third kappa shape index (κ3) is 2.06. The Morgan fingerprint density at radius 2 is 1.80 bits per heavy atom. The van der Waals surface area contributed by atoms with Gasteiger partial charge in [0.2, 0.25) is 0 Å². The van der Waals surface area contributed by atoms with E-state index in [2.05, 4.69) is 0 Å². The van der Waals surface area contributed by atoms with Crippen LogP contribution in [0.25, 0.3) is 0 Å². The summed E-state index contributed by atoms with van der Waals surface area (Å²) in [6.07, 6.45) is 0. The molecule has 0 heterocycles. The van der Waals surface area contributed by atoms with Crippen LogP contribution in [-0.4, -0.2) is 5.24 Å². The molecule has 0 spiro atoms. The van der Waals surface area contributed by atoms with E-state index >= 15 is 0 Å². The zero-order valence-corrected chi connectivity index (χ0v) is 11.6. The van der Waals surface area contributed by atoms with Crippen molar-refractivity contribution >= 4 is 19.9 Å². The number of hydrogen-bond acceptors (Lipinski definition) is 1. The van der Waals surface area contributed by atoms with Crippen LogP contribution in [0.15, 0.2) is 24.3 Å². The van der Waals surface area contributed by atoms with E-state index in [9.17, 15) is 4.79 Å². The second-order valence-corrected chi connectivity index (χ2v) is 5.49. The number of rotatable bonds is 1. The van der Waals surface area contributed by atoms with Gasteiger partial charge in [0, 0.05) is 0 Å². The Kier molecular flexibility index (Phi) is 2.87. The van der Waals surface area contributed by atoms with E-state index in [1.165, 1.54) is 3.07 Å². The third-order valence-electron chi connectivity index (χ3n) is 1.18. The van der Waals surface area contributed by atoms with Crippen molar-refractivity contribution in [3.05, 3.63) is 29.8 Å². The summed E-state index contributed by atoms with van der Waals surface area (Å²) in [4.78, 5) is 10.5. The molecule has 1 aromatic carbocycles. The summed E-state index contributed by atoms with van der Waals surface area (Å²) < 4.78 is 1.32. The van der Waals surface area contributed by atoms with Gasteiger partial charge in [-0.1, -0.05) is 0 Å². The monoisotopic (exact) mass is 341 g/mol. The zero-order valence-electron chi connectivity index (χ0n) is 5.30. The van der Waals surface area contributed by atoms with E-state index in [1.54, 1.807) is 12.1 Å². The molecule has 0 aliphatic heterocycles. The van der Waals surface area contributed by atoms with E-state index in [0.717, 1.165) is 0 Å².